The number of hydrogen-bond acceptors (Lipinski definition) is 3. The van der Waals surface area contributed by atoms with Gasteiger partial charge in [-0.3, -0.25) is 0 Å². The Kier molecular flexibility index (Phi) is 2.55. The number of fused-ring (bicyclic) bond motifs is 1. The largest absolute Gasteiger partial charge is 0.477 e. The van der Waals surface area contributed by atoms with Gasteiger partial charge in [-0.15, -0.1) is 0 Å². The van der Waals surface area contributed by atoms with Crippen LogP contribution in [0.25, 0.3) is 5.65 Å². The fraction of sp³-hybridized carbons (Fsp3) is 0.300. The van der Waals surface area contributed by atoms with E-state index in [1.807, 2.05) is 13.8 Å². The maximum Gasteiger partial charge on any atom is 0.354 e. The Hall–Kier alpha value is -1.62. The predicted molar refractivity (Wildman–Crippen MR) is 59.0 cm³/mol. The van der Waals surface area contributed by atoms with Gasteiger partial charge in [-0.2, -0.15) is 5.10 Å². The number of rotatable bonds is 2. The molecular formula is C10H10ClN3O2. The maximum absolute atomic E-state index is 10.8. The number of carboxylic acid groups (broad SMARTS) is 1. The molecule has 0 radical (unpaired) electrons. The molecule has 0 saturated heterocycles. The van der Waals surface area contributed by atoms with Gasteiger partial charge in [-0.05, 0) is 5.92 Å². The Morgan fingerprint density at radius 2 is 2.19 bits per heavy atom. The minimum absolute atomic E-state index is 0.0762. The van der Waals surface area contributed by atoms with Gasteiger partial charge in [0, 0.05) is 12.1 Å². The van der Waals surface area contributed by atoms with Crippen LogP contribution in [0.3, 0.4) is 0 Å². The third kappa shape index (κ3) is 1.74. The van der Waals surface area contributed by atoms with Crippen LogP contribution < -0.4 is 0 Å². The molecule has 2 aromatic rings. The van der Waals surface area contributed by atoms with Crippen molar-refractivity contribution in [3.05, 3.63) is 28.7 Å². The van der Waals surface area contributed by atoms with Gasteiger partial charge >= 0.3 is 5.97 Å². The van der Waals surface area contributed by atoms with Gasteiger partial charge in [0.05, 0.1) is 5.69 Å². The standard InChI is InChI=1S/C10H10ClN3O2/c1-5(2)6-4-9-12-7(10(15)16)3-8(11)14(9)13-6/h3-5H,1-2H3,(H,15,16). The molecule has 1 N–H and O–H groups in total. The number of nitrogens with zero attached hydrogens (tertiary/aromatic N) is 3. The lowest BCUT2D eigenvalue weighted by molar-refractivity contribution is 0.0690. The summed E-state index contributed by atoms with van der Waals surface area (Å²) in [6.07, 6.45) is 0. The SMILES string of the molecule is CC(C)c1cc2nc(C(=O)O)cc(Cl)n2n1. The Morgan fingerprint density at radius 1 is 1.50 bits per heavy atom. The average molecular weight is 240 g/mol. The van der Waals surface area contributed by atoms with E-state index in [1.54, 1.807) is 6.07 Å². The first-order valence-electron chi connectivity index (χ1n) is 4.78. The van der Waals surface area contributed by atoms with Crippen molar-refractivity contribution in [2.75, 3.05) is 0 Å². The van der Waals surface area contributed by atoms with Crippen molar-refractivity contribution in [3.8, 4) is 0 Å². The number of aromatic nitrogens is 3. The molecule has 0 spiro atoms. The number of halogens is 1. The zero-order valence-electron chi connectivity index (χ0n) is 8.81. The van der Waals surface area contributed by atoms with Crippen molar-refractivity contribution in [3.63, 3.8) is 0 Å². The average Bonchev–Trinajstić information content (AvgIpc) is 2.61. The monoisotopic (exact) mass is 239 g/mol. The molecular weight excluding hydrogens is 230 g/mol. The highest BCUT2D eigenvalue weighted by Gasteiger charge is 2.13. The molecule has 0 fully saturated rings. The van der Waals surface area contributed by atoms with Gasteiger partial charge < -0.3 is 5.11 Å². The number of carbonyl (C=O) groups is 1. The van der Waals surface area contributed by atoms with E-state index in [0.717, 1.165) is 5.69 Å². The molecule has 2 aromatic heterocycles. The zero-order valence-corrected chi connectivity index (χ0v) is 9.56. The molecule has 0 aromatic carbocycles. The summed E-state index contributed by atoms with van der Waals surface area (Å²) < 4.78 is 1.43. The first-order valence-corrected chi connectivity index (χ1v) is 5.16. The van der Waals surface area contributed by atoms with E-state index >= 15 is 0 Å². The van der Waals surface area contributed by atoms with Crippen LogP contribution in [0.1, 0.15) is 35.9 Å². The fourth-order valence-electron chi connectivity index (χ4n) is 1.35. The summed E-state index contributed by atoms with van der Waals surface area (Å²) in [4.78, 5) is 14.7. The second kappa shape index (κ2) is 3.75. The van der Waals surface area contributed by atoms with Gasteiger partial charge in [-0.1, -0.05) is 25.4 Å². The van der Waals surface area contributed by atoms with Crippen LogP contribution in [0.15, 0.2) is 12.1 Å². The second-order valence-electron chi connectivity index (χ2n) is 3.76. The van der Waals surface area contributed by atoms with Crippen LogP contribution in [0, 0.1) is 0 Å². The highest BCUT2D eigenvalue weighted by atomic mass is 35.5. The lowest BCUT2D eigenvalue weighted by Crippen LogP contribution is -2.03. The van der Waals surface area contributed by atoms with Crippen LogP contribution >= 0.6 is 11.6 Å². The maximum atomic E-state index is 10.8. The molecule has 2 rings (SSSR count). The minimum atomic E-state index is -1.10. The summed E-state index contributed by atoms with van der Waals surface area (Å²) in [5, 5.41) is 13.3. The highest BCUT2D eigenvalue weighted by Crippen LogP contribution is 2.18. The van der Waals surface area contributed by atoms with Crippen molar-refractivity contribution in [1.29, 1.82) is 0 Å². The molecule has 0 atom stereocenters. The first-order chi connectivity index (χ1) is 7.49. The molecule has 2 heterocycles. The molecule has 0 aliphatic carbocycles. The van der Waals surface area contributed by atoms with Gasteiger partial charge in [-0.25, -0.2) is 14.3 Å². The number of hydrogen-bond donors (Lipinski definition) is 1. The molecule has 0 bridgehead atoms. The van der Waals surface area contributed by atoms with Crippen LogP contribution in [0.4, 0.5) is 0 Å². The van der Waals surface area contributed by atoms with Crippen molar-refractivity contribution in [2.24, 2.45) is 0 Å². The second-order valence-corrected chi connectivity index (χ2v) is 4.15. The molecule has 5 nitrogen and oxygen atoms in total. The highest BCUT2D eigenvalue weighted by molar-refractivity contribution is 6.30. The third-order valence-electron chi connectivity index (χ3n) is 2.21. The Morgan fingerprint density at radius 3 is 2.75 bits per heavy atom. The van der Waals surface area contributed by atoms with E-state index < -0.39 is 5.97 Å². The Labute approximate surface area is 96.7 Å². The van der Waals surface area contributed by atoms with Gasteiger partial charge in [0.1, 0.15) is 5.15 Å². The zero-order chi connectivity index (χ0) is 11.9. The molecule has 0 aliphatic rings. The van der Waals surface area contributed by atoms with Crippen LogP contribution in [0.2, 0.25) is 5.15 Å². The van der Waals surface area contributed by atoms with E-state index in [4.69, 9.17) is 16.7 Å². The molecule has 6 heteroatoms. The summed E-state index contributed by atoms with van der Waals surface area (Å²) in [7, 11) is 0. The third-order valence-corrected chi connectivity index (χ3v) is 2.48. The molecule has 0 aliphatic heterocycles. The molecule has 0 unspecified atom stereocenters. The van der Waals surface area contributed by atoms with E-state index in [9.17, 15) is 4.79 Å². The van der Waals surface area contributed by atoms with Crippen LogP contribution in [-0.2, 0) is 0 Å². The van der Waals surface area contributed by atoms with E-state index in [-0.39, 0.29) is 16.8 Å². The number of aromatic carboxylic acids is 1. The normalized spacial score (nSPS) is 11.2. The first kappa shape index (κ1) is 10.9. The Balaban J connectivity index is 2.68. The summed E-state index contributed by atoms with van der Waals surface area (Å²) in [6.45, 7) is 3.99. The lowest BCUT2D eigenvalue weighted by atomic mass is 10.1. The van der Waals surface area contributed by atoms with Crippen molar-refractivity contribution < 1.29 is 9.90 Å². The molecule has 0 amide bonds. The molecule has 0 saturated carbocycles. The van der Waals surface area contributed by atoms with Crippen molar-refractivity contribution in [1.82, 2.24) is 14.6 Å². The Bertz CT molecular complexity index is 562. The van der Waals surface area contributed by atoms with Gasteiger partial charge in [0.2, 0.25) is 0 Å². The topological polar surface area (TPSA) is 67.5 Å². The summed E-state index contributed by atoms with van der Waals surface area (Å²) in [6, 6.07) is 3.02. The summed E-state index contributed by atoms with van der Waals surface area (Å²) >= 11 is 5.92. The van der Waals surface area contributed by atoms with E-state index in [1.165, 1.54) is 10.6 Å². The molecule has 16 heavy (non-hydrogen) atoms. The van der Waals surface area contributed by atoms with Gasteiger partial charge in [0.25, 0.3) is 0 Å². The lowest BCUT2D eigenvalue weighted by Gasteiger charge is -1.98. The van der Waals surface area contributed by atoms with E-state index in [2.05, 4.69) is 10.1 Å². The van der Waals surface area contributed by atoms with Crippen LogP contribution in [-0.4, -0.2) is 25.7 Å². The minimum Gasteiger partial charge on any atom is -0.477 e. The summed E-state index contributed by atoms with van der Waals surface area (Å²) in [5.74, 6) is -0.859. The predicted octanol–water partition coefficient (Wildman–Crippen LogP) is 2.20. The summed E-state index contributed by atoms with van der Waals surface area (Å²) in [5.41, 5.74) is 1.21. The number of carboxylic acids is 1. The smallest absolute Gasteiger partial charge is 0.354 e. The fourth-order valence-corrected chi connectivity index (χ4v) is 1.57. The molecule has 84 valence electrons. The van der Waals surface area contributed by atoms with Crippen molar-refractivity contribution >= 4 is 23.2 Å². The van der Waals surface area contributed by atoms with Crippen molar-refractivity contribution in [2.45, 2.75) is 19.8 Å². The van der Waals surface area contributed by atoms with Crippen LogP contribution in [0.5, 0.6) is 0 Å². The quantitative estimate of drug-likeness (QED) is 0.816. The van der Waals surface area contributed by atoms with Gasteiger partial charge in [0.15, 0.2) is 11.3 Å². The van der Waals surface area contributed by atoms with E-state index in [0.29, 0.717) is 5.65 Å².